The minimum absolute atomic E-state index is 0.0150. The van der Waals surface area contributed by atoms with Crippen molar-refractivity contribution in [3.63, 3.8) is 0 Å². The molecule has 1 fully saturated rings. The zero-order chi connectivity index (χ0) is 21.4. The van der Waals surface area contributed by atoms with Gasteiger partial charge in [0.05, 0.1) is 22.6 Å². The van der Waals surface area contributed by atoms with Crippen LogP contribution in [0.5, 0.6) is 0 Å². The van der Waals surface area contributed by atoms with Gasteiger partial charge in [-0.2, -0.15) is 0 Å². The van der Waals surface area contributed by atoms with Crippen molar-refractivity contribution in [2.75, 3.05) is 23.3 Å². The van der Waals surface area contributed by atoms with Crippen LogP contribution in [-0.4, -0.2) is 45.3 Å². The Labute approximate surface area is 182 Å². The van der Waals surface area contributed by atoms with Crippen molar-refractivity contribution in [3.8, 4) is 0 Å². The summed E-state index contributed by atoms with van der Waals surface area (Å²) in [5, 5.41) is 7.93. The maximum Gasteiger partial charge on any atom is 0.231 e. The highest BCUT2D eigenvalue weighted by atomic mass is 32.1. The van der Waals surface area contributed by atoms with Crippen molar-refractivity contribution in [1.82, 2.24) is 19.9 Å². The Kier molecular flexibility index (Phi) is 5.14. The summed E-state index contributed by atoms with van der Waals surface area (Å²) in [7, 11) is 0. The number of piperidine rings is 1. The number of imidazole rings is 1. The number of carbonyl (C=O) groups excluding carboxylic acids is 3. The SMILES string of the molecule is O=C1CCC(C(=O)Nc2nc(CCC(=O)N3CCn4c3nc3ccccc34)cs2)CN1. The number of carbonyl (C=O) groups is 3. The first-order valence-electron chi connectivity index (χ1n) is 10.4. The van der Waals surface area contributed by atoms with Gasteiger partial charge in [0.15, 0.2) is 5.13 Å². The maximum atomic E-state index is 12.8. The molecular formula is C21H22N6O3S. The quantitative estimate of drug-likeness (QED) is 0.633. The number of thiazole rings is 1. The first-order valence-corrected chi connectivity index (χ1v) is 11.2. The van der Waals surface area contributed by atoms with E-state index in [4.69, 9.17) is 0 Å². The number of nitrogens with zero attached hydrogens (tertiary/aromatic N) is 4. The molecule has 0 saturated carbocycles. The minimum atomic E-state index is -0.235. The summed E-state index contributed by atoms with van der Waals surface area (Å²) < 4.78 is 2.08. The molecule has 1 saturated heterocycles. The Morgan fingerprint density at radius 1 is 1.23 bits per heavy atom. The van der Waals surface area contributed by atoms with Crippen molar-refractivity contribution in [3.05, 3.63) is 35.3 Å². The lowest BCUT2D eigenvalue weighted by Crippen LogP contribution is -2.40. The first kappa shape index (κ1) is 19.7. The highest BCUT2D eigenvalue weighted by Gasteiger charge is 2.28. The summed E-state index contributed by atoms with van der Waals surface area (Å²) in [6, 6.07) is 7.90. The molecule has 3 amide bonds. The fourth-order valence-electron chi connectivity index (χ4n) is 4.04. The summed E-state index contributed by atoms with van der Waals surface area (Å²) in [5.74, 6) is 0.343. The van der Waals surface area contributed by atoms with E-state index in [2.05, 4.69) is 25.2 Å². The molecule has 31 heavy (non-hydrogen) atoms. The summed E-state index contributed by atoms with van der Waals surface area (Å²) >= 11 is 1.35. The molecule has 0 aliphatic carbocycles. The van der Waals surface area contributed by atoms with Crippen LogP contribution in [0.25, 0.3) is 11.0 Å². The molecule has 0 bridgehead atoms. The standard InChI is InChI=1S/C21H22N6O3S/c28-17-7-5-13(11-22-17)19(30)25-20-23-14(12-31-20)6-8-18(29)27-10-9-26-16-4-2-1-3-15(16)24-21(26)27/h1-4,12-13H,5-11H2,(H,22,28)(H,23,25,30). The van der Waals surface area contributed by atoms with Gasteiger partial charge in [0, 0.05) is 37.9 Å². The molecule has 160 valence electrons. The molecule has 2 N–H and O–H groups in total. The Balaban J connectivity index is 1.17. The highest BCUT2D eigenvalue weighted by molar-refractivity contribution is 7.13. The predicted octanol–water partition coefficient (Wildman–Crippen LogP) is 1.94. The summed E-state index contributed by atoms with van der Waals surface area (Å²) in [6.07, 6.45) is 1.75. The van der Waals surface area contributed by atoms with Crippen molar-refractivity contribution in [2.24, 2.45) is 5.92 Å². The van der Waals surface area contributed by atoms with Crippen LogP contribution in [0.1, 0.15) is 25.0 Å². The second-order valence-electron chi connectivity index (χ2n) is 7.77. The van der Waals surface area contributed by atoms with Crippen LogP contribution in [0.15, 0.2) is 29.6 Å². The number of benzene rings is 1. The number of hydrogen-bond donors (Lipinski definition) is 2. The van der Waals surface area contributed by atoms with E-state index < -0.39 is 0 Å². The normalized spacial score (nSPS) is 18.1. The number of aryl methyl sites for hydroxylation is 1. The minimum Gasteiger partial charge on any atom is -0.355 e. The van der Waals surface area contributed by atoms with E-state index in [0.29, 0.717) is 49.9 Å². The maximum absolute atomic E-state index is 12.8. The molecule has 2 aliphatic rings. The molecule has 4 heterocycles. The van der Waals surface area contributed by atoms with E-state index in [0.717, 1.165) is 23.3 Å². The van der Waals surface area contributed by atoms with Gasteiger partial charge in [-0.15, -0.1) is 11.3 Å². The van der Waals surface area contributed by atoms with Gasteiger partial charge in [0.25, 0.3) is 0 Å². The van der Waals surface area contributed by atoms with Gasteiger partial charge in [-0.3, -0.25) is 19.3 Å². The molecule has 2 aromatic heterocycles. The number of rotatable bonds is 5. The summed E-state index contributed by atoms with van der Waals surface area (Å²) in [5.41, 5.74) is 2.72. The molecule has 9 nitrogen and oxygen atoms in total. The second-order valence-corrected chi connectivity index (χ2v) is 8.63. The summed E-state index contributed by atoms with van der Waals surface area (Å²) in [4.78, 5) is 47.2. The monoisotopic (exact) mass is 438 g/mol. The van der Waals surface area contributed by atoms with Gasteiger partial charge in [-0.05, 0) is 25.0 Å². The van der Waals surface area contributed by atoms with E-state index in [1.54, 1.807) is 4.90 Å². The van der Waals surface area contributed by atoms with Gasteiger partial charge in [0.1, 0.15) is 0 Å². The van der Waals surface area contributed by atoms with Crippen LogP contribution in [0.3, 0.4) is 0 Å². The van der Waals surface area contributed by atoms with Gasteiger partial charge < -0.3 is 15.2 Å². The van der Waals surface area contributed by atoms with E-state index >= 15 is 0 Å². The van der Waals surface area contributed by atoms with Crippen LogP contribution >= 0.6 is 11.3 Å². The lowest BCUT2D eigenvalue weighted by Gasteiger charge is -2.20. The van der Waals surface area contributed by atoms with Gasteiger partial charge in [-0.25, -0.2) is 9.97 Å². The topological polar surface area (TPSA) is 109 Å². The van der Waals surface area contributed by atoms with Crippen LogP contribution in [-0.2, 0) is 27.3 Å². The Hall–Kier alpha value is -3.27. The van der Waals surface area contributed by atoms with E-state index in [1.165, 1.54) is 11.3 Å². The van der Waals surface area contributed by atoms with E-state index in [1.807, 2.05) is 29.6 Å². The fraction of sp³-hybridized carbons (Fsp3) is 0.381. The average Bonchev–Trinajstić information content (AvgIpc) is 3.47. The third-order valence-electron chi connectivity index (χ3n) is 5.74. The van der Waals surface area contributed by atoms with Crippen molar-refractivity contribution >= 4 is 51.2 Å². The Morgan fingerprint density at radius 3 is 2.94 bits per heavy atom. The smallest absolute Gasteiger partial charge is 0.231 e. The first-order chi connectivity index (χ1) is 15.1. The number of hydrogen-bond acceptors (Lipinski definition) is 6. The third-order valence-corrected chi connectivity index (χ3v) is 6.54. The van der Waals surface area contributed by atoms with Gasteiger partial charge in [0.2, 0.25) is 23.7 Å². The Morgan fingerprint density at radius 2 is 2.10 bits per heavy atom. The molecule has 0 radical (unpaired) electrons. The molecule has 10 heteroatoms. The van der Waals surface area contributed by atoms with Crippen molar-refractivity contribution in [2.45, 2.75) is 32.2 Å². The second kappa shape index (κ2) is 8.10. The van der Waals surface area contributed by atoms with Crippen LogP contribution in [0, 0.1) is 5.92 Å². The Bertz CT molecular complexity index is 1160. The largest absolute Gasteiger partial charge is 0.355 e. The van der Waals surface area contributed by atoms with Crippen molar-refractivity contribution < 1.29 is 14.4 Å². The van der Waals surface area contributed by atoms with E-state index in [-0.39, 0.29) is 23.6 Å². The van der Waals surface area contributed by atoms with Gasteiger partial charge >= 0.3 is 0 Å². The molecule has 5 rings (SSSR count). The number of nitrogens with one attached hydrogen (secondary N) is 2. The number of aromatic nitrogens is 3. The lowest BCUT2D eigenvalue weighted by molar-refractivity contribution is -0.126. The average molecular weight is 439 g/mol. The van der Waals surface area contributed by atoms with E-state index in [9.17, 15) is 14.4 Å². The lowest BCUT2D eigenvalue weighted by atomic mass is 9.98. The number of para-hydroxylation sites is 2. The molecular weight excluding hydrogens is 416 g/mol. The zero-order valence-corrected chi connectivity index (χ0v) is 17.7. The molecule has 3 aromatic rings. The van der Waals surface area contributed by atoms with Gasteiger partial charge in [-0.1, -0.05) is 12.1 Å². The van der Waals surface area contributed by atoms with Crippen LogP contribution in [0.4, 0.5) is 11.1 Å². The van der Waals surface area contributed by atoms with Crippen molar-refractivity contribution in [1.29, 1.82) is 0 Å². The molecule has 1 aromatic carbocycles. The molecule has 0 spiro atoms. The predicted molar refractivity (Wildman–Crippen MR) is 117 cm³/mol. The molecule has 1 unspecified atom stereocenters. The van der Waals surface area contributed by atoms with Crippen LogP contribution in [0.2, 0.25) is 0 Å². The summed E-state index contributed by atoms with van der Waals surface area (Å²) in [6.45, 7) is 1.73. The third kappa shape index (κ3) is 3.90. The van der Waals surface area contributed by atoms with Crippen LogP contribution < -0.4 is 15.5 Å². The highest BCUT2D eigenvalue weighted by Crippen LogP contribution is 2.28. The number of amides is 3. The fourth-order valence-corrected chi connectivity index (χ4v) is 4.79. The molecule has 1 atom stereocenters. The number of anilines is 2. The molecule has 2 aliphatic heterocycles. The number of fused-ring (bicyclic) bond motifs is 3. The zero-order valence-electron chi connectivity index (χ0n) is 16.8.